The maximum Gasteiger partial charge on any atom is 0.313 e. The lowest BCUT2D eigenvalue weighted by Crippen LogP contribution is -2.09. The van der Waals surface area contributed by atoms with E-state index in [0.29, 0.717) is 6.42 Å². The molecule has 0 unspecified atom stereocenters. The molecule has 15 heavy (non-hydrogen) atoms. The normalized spacial score (nSPS) is 9.07. The number of aromatic nitrogens is 2. The molecule has 1 rings (SSSR count). The molecular weight excluding hydrogens is 196 g/mol. The topological polar surface area (TPSA) is 72.3 Å². The number of hydrogen-bond acceptors (Lipinski definition) is 5. The molecular formula is C10H16N2O3. The zero-order chi connectivity index (χ0) is 11.7. The van der Waals surface area contributed by atoms with Crippen molar-refractivity contribution in [1.29, 1.82) is 0 Å². The minimum atomic E-state index is -0.178. The molecule has 0 atom stereocenters. The zero-order valence-electron chi connectivity index (χ0n) is 9.17. The standard InChI is InChI=1S/C6H12O2.C4H4N2O/c1-4-6(7)8-5(2)3;7-4-5-2-1-3-6-4/h5H,4H2,1-3H3;1-3H,(H,5,6,7). The van der Waals surface area contributed by atoms with Gasteiger partial charge in [0.15, 0.2) is 0 Å². The Labute approximate surface area is 89.1 Å². The Balaban J connectivity index is 0.000000262. The molecule has 5 heteroatoms. The van der Waals surface area contributed by atoms with Gasteiger partial charge in [-0.2, -0.15) is 0 Å². The summed E-state index contributed by atoms with van der Waals surface area (Å²) in [7, 11) is 0. The highest BCUT2D eigenvalue weighted by Gasteiger charge is 1.98. The summed E-state index contributed by atoms with van der Waals surface area (Å²) in [5, 5.41) is 8.41. The summed E-state index contributed by atoms with van der Waals surface area (Å²) in [6, 6.07) is 1.46. The monoisotopic (exact) mass is 212 g/mol. The molecule has 0 aliphatic carbocycles. The van der Waals surface area contributed by atoms with Crippen LogP contribution in [-0.4, -0.2) is 27.1 Å². The van der Waals surface area contributed by atoms with Gasteiger partial charge in [-0.15, -0.1) is 0 Å². The van der Waals surface area contributed by atoms with Crippen molar-refractivity contribution in [2.45, 2.75) is 33.3 Å². The van der Waals surface area contributed by atoms with Crippen molar-refractivity contribution in [3.63, 3.8) is 0 Å². The van der Waals surface area contributed by atoms with Gasteiger partial charge in [0.05, 0.1) is 6.10 Å². The summed E-state index contributed by atoms with van der Waals surface area (Å²) in [4.78, 5) is 17.2. The first-order valence-electron chi connectivity index (χ1n) is 4.71. The van der Waals surface area contributed by atoms with E-state index in [1.54, 1.807) is 13.0 Å². The molecule has 1 aromatic heterocycles. The highest BCUT2D eigenvalue weighted by Crippen LogP contribution is 1.90. The summed E-state index contributed by atoms with van der Waals surface area (Å²) in [5.74, 6) is -0.125. The van der Waals surface area contributed by atoms with Crippen LogP contribution in [0.3, 0.4) is 0 Å². The molecule has 0 spiro atoms. The molecule has 0 aliphatic rings. The third-order valence-corrected chi connectivity index (χ3v) is 1.21. The van der Waals surface area contributed by atoms with Crippen LogP contribution in [0.4, 0.5) is 0 Å². The second-order valence-corrected chi connectivity index (χ2v) is 2.94. The van der Waals surface area contributed by atoms with Crippen LogP contribution in [0.25, 0.3) is 0 Å². The molecule has 5 nitrogen and oxygen atoms in total. The van der Waals surface area contributed by atoms with Crippen LogP contribution >= 0.6 is 0 Å². The molecule has 0 amide bonds. The van der Waals surface area contributed by atoms with E-state index in [9.17, 15) is 4.79 Å². The van der Waals surface area contributed by atoms with Crippen molar-refractivity contribution in [2.75, 3.05) is 0 Å². The van der Waals surface area contributed by atoms with E-state index in [-0.39, 0.29) is 18.1 Å². The van der Waals surface area contributed by atoms with Crippen molar-refractivity contribution >= 4 is 5.97 Å². The van der Waals surface area contributed by atoms with E-state index in [1.807, 2.05) is 13.8 Å². The van der Waals surface area contributed by atoms with Crippen LogP contribution < -0.4 is 0 Å². The number of carbonyl (C=O) groups excluding carboxylic acids is 1. The molecule has 0 aliphatic heterocycles. The van der Waals surface area contributed by atoms with Gasteiger partial charge in [0.25, 0.3) is 0 Å². The smallest absolute Gasteiger partial charge is 0.313 e. The number of aromatic hydroxyl groups is 1. The molecule has 0 radical (unpaired) electrons. The number of ether oxygens (including phenoxy) is 1. The molecule has 0 bridgehead atoms. The van der Waals surface area contributed by atoms with Crippen molar-refractivity contribution in [3.8, 4) is 6.01 Å². The van der Waals surface area contributed by atoms with Crippen LogP contribution in [-0.2, 0) is 9.53 Å². The number of nitrogens with zero attached hydrogens (tertiary/aromatic N) is 2. The number of esters is 1. The zero-order valence-corrected chi connectivity index (χ0v) is 9.17. The lowest BCUT2D eigenvalue weighted by molar-refractivity contribution is -0.146. The maximum atomic E-state index is 10.4. The van der Waals surface area contributed by atoms with Crippen LogP contribution in [0.5, 0.6) is 6.01 Å². The molecule has 0 aromatic carbocycles. The van der Waals surface area contributed by atoms with Gasteiger partial charge in [0.2, 0.25) is 0 Å². The fourth-order valence-corrected chi connectivity index (χ4v) is 0.637. The van der Waals surface area contributed by atoms with Gasteiger partial charge >= 0.3 is 12.0 Å². The number of carbonyl (C=O) groups is 1. The first kappa shape index (κ1) is 13.4. The Morgan fingerprint density at radius 2 is 2.00 bits per heavy atom. The Hall–Kier alpha value is -1.65. The fraction of sp³-hybridized carbons (Fsp3) is 0.500. The largest absolute Gasteiger partial charge is 0.479 e. The highest BCUT2D eigenvalue weighted by atomic mass is 16.5. The summed E-state index contributed by atoms with van der Waals surface area (Å²) >= 11 is 0. The van der Waals surface area contributed by atoms with Gasteiger partial charge in [0, 0.05) is 18.8 Å². The summed E-state index contributed by atoms with van der Waals surface area (Å²) in [5.41, 5.74) is 0. The van der Waals surface area contributed by atoms with Crippen LogP contribution in [0.2, 0.25) is 0 Å². The molecule has 1 heterocycles. The van der Waals surface area contributed by atoms with Gasteiger partial charge in [-0.05, 0) is 19.9 Å². The molecule has 1 N–H and O–H groups in total. The fourth-order valence-electron chi connectivity index (χ4n) is 0.637. The second kappa shape index (κ2) is 7.73. The van der Waals surface area contributed by atoms with Crippen molar-refractivity contribution in [2.24, 2.45) is 0 Å². The molecule has 0 fully saturated rings. The van der Waals surface area contributed by atoms with Crippen molar-refractivity contribution in [3.05, 3.63) is 18.5 Å². The Kier molecular flexibility index (Phi) is 6.88. The number of rotatable bonds is 2. The van der Waals surface area contributed by atoms with E-state index in [4.69, 9.17) is 9.84 Å². The predicted octanol–water partition coefficient (Wildman–Crippen LogP) is 1.53. The van der Waals surface area contributed by atoms with E-state index in [2.05, 4.69) is 9.97 Å². The first-order valence-corrected chi connectivity index (χ1v) is 4.71. The van der Waals surface area contributed by atoms with Crippen molar-refractivity contribution in [1.82, 2.24) is 9.97 Å². The minimum Gasteiger partial charge on any atom is -0.479 e. The van der Waals surface area contributed by atoms with Crippen LogP contribution in [0.1, 0.15) is 27.2 Å². The van der Waals surface area contributed by atoms with Crippen molar-refractivity contribution < 1.29 is 14.6 Å². The van der Waals surface area contributed by atoms with Gasteiger partial charge in [-0.3, -0.25) is 4.79 Å². The van der Waals surface area contributed by atoms with E-state index < -0.39 is 0 Å². The molecule has 84 valence electrons. The van der Waals surface area contributed by atoms with E-state index in [0.717, 1.165) is 0 Å². The third kappa shape index (κ3) is 8.67. The SMILES string of the molecule is CCC(=O)OC(C)C.Oc1ncccn1. The minimum absolute atomic E-state index is 0.0300. The molecule has 1 aromatic rings. The average molecular weight is 212 g/mol. The first-order chi connectivity index (χ1) is 7.06. The van der Waals surface area contributed by atoms with Gasteiger partial charge < -0.3 is 9.84 Å². The quantitative estimate of drug-likeness (QED) is 0.752. The summed E-state index contributed by atoms with van der Waals surface area (Å²) < 4.78 is 4.76. The van der Waals surface area contributed by atoms with Crippen LogP contribution in [0, 0.1) is 0 Å². The Morgan fingerprint density at radius 1 is 1.47 bits per heavy atom. The lowest BCUT2D eigenvalue weighted by atomic mass is 10.4. The van der Waals surface area contributed by atoms with Gasteiger partial charge in [-0.1, -0.05) is 6.92 Å². The lowest BCUT2D eigenvalue weighted by Gasteiger charge is -2.04. The molecule has 0 saturated carbocycles. The average Bonchev–Trinajstić information content (AvgIpc) is 2.19. The highest BCUT2D eigenvalue weighted by molar-refractivity contribution is 5.68. The van der Waals surface area contributed by atoms with Crippen LogP contribution in [0.15, 0.2) is 18.5 Å². The predicted molar refractivity (Wildman–Crippen MR) is 55.2 cm³/mol. The summed E-state index contributed by atoms with van der Waals surface area (Å²) in [6.45, 7) is 5.46. The van der Waals surface area contributed by atoms with Gasteiger partial charge in [-0.25, -0.2) is 9.97 Å². The Morgan fingerprint density at radius 3 is 2.20 bits per heavy atom. The second-order valence-electron chi connectivity index (χ2n) is 2.94. The van der Waals surface area contributed by atoms with E-state index in [1.165, 1.54) is 12.4 Å². The summed E-state index contributed by atoms with van der Waals surface area (Å²) in [6.07, 6.45) is 3.45. The third-order valence-electron chi connectivity index (χ3n) is 1.21. The molecule has 0 saturated heterocycles. The van der Waals surface area contributed by atoms with Gasteiger partial charge in [0.1, 0.15) is 0 Å². The van der Waals surface area contributed by atoms with E-state index >= 15 is 0 Å². The maximum absolute atomic E-state index is 10.4. The Bertz CT molecular complexity index is 275. The number of hydrogen-bond donors (Lipinski definition) is 1.